The highest BCUT2D eigenvalue weighted by molar-refractivity contribution is 5.91. The van der Waals surface area contributed by atoms with E-state index < -0.39 is 0 Å². The summed E-state index contributed by atoms with van der Waals surface area (Å²) in [5.74, 6) is 0.685. The summed E-state index contributed by atoms with van der Waals surface area (Å²) in [6.07, 6.45) is 1.64. The minimum atomic E-state index is -0.217. The SMILES string of the molecule is NCC(=O)Nc1ccc(N2CCOCC2)nc1. The maximum Gasteiger partial charge on any atom is 0.238 e. The Bertz CT molecular complexity index is 374. The number of nitrogens with zero attached hydrogens (tertiary/aromatic N) is 2. The third kappa shape index (κ3) is 3.15. The molecule has 1 aliphatic heterocycles. The van der Waals surface area contributed by atoms with E-state index in [-0.39, 0.29) is 12.5 Å². The highest BCUT2D eigenvalue weighted by atomic mass is 16.5. The molecule has 0 bridgehead atoms. The second-order valence-corrected chi connectivity index (χ2v) is 3.76. The summed E-state index contributed by atoms with van der Waals surface area (Å²) >= 11 is 0. The van der Waals surface area contributed by atoms with Crippen LogP contribution in [0.3, 0.4) is 0 Å². The summed E-state index contributed by atoms with van der Waals surface area (Å²) < 4.78 is 5.27. The molecule has 17 heavy (non-hydrogen) atoms. The van der Waals surface area contributed by atoms with Crippen molar-refractivity contribution in [3.63, 3.8) is 0 Å². The molecule has 2 heterocycles. The van der Waals surface area contributed by atoms with Crippen LogP contribution in [0.5, 0.6) is 0 Å². The molecule has 6 nitrogen and oxygen atoms in total. The molecule has 0 radical (unpaired) electrons. The van der Waals surface area contributed by atoms with Gasteiger partial charge in [-0.05, 0) is 12.1 Å². The average molecular weight is 236 g/mol. The Morgan fingerprint density at radius 1 is 1.47 bits per heavy atom. The highest BCUT2D eigenvalue weighted by Gasteiger charge is 2.12. The molecule has 1 amide bonds. The van der Waals surface area contributed by atoms with E-state index in [1.165, 1.54) is 0 Å². The van der Waals surface area contributed by atoms with E-state index in [0.29, 0.717) is 5.69 Å². The quantitative estimate of drug-likeness (QED) is 0.760. The zero-order valence-electron chi connectivity index (χ0n) is 9.56. The number of amides is 1. The van der Waals surface area contributed by atoms with Gasteiger partial charge in [0.05, 0.1) is 31.6 Å². The monoisotopic (exact) mass is 236 g/mol. The lowest BCUT2D eigenvalue weighted by Crippen LogP contribution is -2.36. The van der Waals surface area contributed by atoms with Crippen molar-refractivity contribution in [1.82, 2.24) is 4.98 Å². The Morgan fingerprint density at radius 3 is 2.82 bits per heavy atom. The minimum absolute atomic E-state index is 0.0226. The van der Waals surface area contributed by atoms with Gasteiger partial charge in [0, 0.05) is 13.1 Å². The number of rotatable bonds is 3. The maximum atomic E-state index is 11.1. The Balaban J connectivity index is 1.99. The fourth-order valence-corrected chi connectivity index (χ4v) is 1.65. The van der Waals surface area contributed by atoms with E-state index in [2.05, 4.69) is 15.2 Å². The number of hydrogen-bond donors (Lipinski definition) is 2. The van der Waals surface area contributed by atoms with Gasteiger partial charge in [-0.1, -0.05) is 0 Å². The summed E-state index contributed by atoms with van der Waals surface area (Å²) in [5, 5.41) is 2.65. The van der Waals surface area contributed by atoms with Crippen molar-refractivity contribution >= 4 is 17.4 Å². The van der Waals surface area contributed by atoms with Crippen LogP contribution in [0, 0.1) is 0 Å². The first kappa shape index (κ1) is 11.8. The predicted octanol–water partition coefficient (Wildman–Crippen LogP) is -0.185. The maximum absolute atomic E-state index is 11.1. The Kier molecular flexibility index (Phi) is 3.89. The van der Waals surface area contributed by atoms with Gasteiger partial charge in [-0.2, -0.15) is 0 Å². The van der Waals surface area contributed by atoms with Crippen LogP contribution in [-0.4, -0.2) is 43.7 Å². The van der Waals surface area contributed by atoms with Gasteiger partial charge in [0.1, 0.15) is 5.82 Å². The number of aromatic nitrogens is 1. The van der Waals surface area contributed by atoms with Gasteiger partial charge in [0.15, 0.2) is 0 Å². The molecule has 0 aliphatic carbocycles. The third-order valence-corrected chi connectivity index (χ3v) is 2.55. The minimum Gasteiger partial charge on any atom is -0.378 e. The first-order valence-corrected chi connectivity index (χ1v) is 5.58. The lowest BCUT2D eigenvalue weighted by atomic mass is 10.3. The van der Waals surface area contributed by atoms with Crippen molar-refractivity contribution in [1.29, 1.82) is 0 Å². The van der Waals surface area contributed by atoms with Gasteiger partial charge in [-0.3, -0.25) is 4.79 Å². The topological polar surface area (TPSA) is 80.5 Å². The number of carbonyl (C=O) groups is 1. The fraction of sp³-hybridized carbons (Fsp3) is 0.455. The van der Waals surface area contributed by atoms with E-state index in [1.807, 2.05) is 12.1 Å². The molecule has 0 spiro atoms. The molecule has 2 rings (SSSR count). The molecule has 0 unspecified atom stereocenters. The predicted molar refractivity (Wildman–Crippen MR) is 65.0 cm³/mol. The molecule has 1 aromatic rings. The van der Waals surface area contributed by atoms with Gasteiger partial charge >= 0.3 is 0 Å². The number of ether oxygens (including phenoxy) is 1. The zero-order chi connectivity index (χ0) is 12.1. The number of morpholine rings is 1. The number of anilines is 2. The van der Waals surface area contributed by atoms with Crippen LogP contribution in [0.4, 0.5) is 11.5 Å². The van der Waals surface area contributed by atoms with E-state index in [1.54, 1.807) is 6.20 Å². The van der Waals surface area contributed by atoms with Crippen LogP contribution < -0.4 is 16.0 Å². The molecule has 0 saturated carbocycles. The molecular weight excluding hydrogens is 220 g/mol. The van der Waals surface area contributed by atoms with E-state index in [9.17, 15) is 4.79 Å². The van der Waals surface area contributed by atoms with Crippen molar-refractivity contribution < 1.29 is 9.53 Å². The van der Waals surface area contributed by atoms with Gasteiger partial charge in [0.25, 0.3) is 0 Å². The summed E-state index contributed by atoms with van der Waals surface area (Å²) in [6.45, 7) is 3.13. The molecular formula is C11H16N4O2. The number of nitrogens with one attached hydrogen (secondary N) is 1. The molecule has 1 fully saturated rings. The third-order valence-electron chi connectivity index (χ3n) is 2.55. The van der Waals surface area contributed by atoms with Gasteiger partial charge in [0.2, 0.25) is 5.91 Å². The Labute approximate surface area is 99.8 Å². The summed E-state index contributed by atoms with van der Waals surface area (Å²) in [4.78, 5) is 17.5. The second-order valence-electron chi connectivity index (χ2n) is 3.76. The molecule has 3 N–H and O–H groups in total. The van der Waals surface area contributed by atoms with Crippen molar-refractivity contribution in [2.75, 3.05) is 43.1 Å². The molecule has 6 heteroatoms. The van der Waals surface area contributed by atoms with Crippen molar-refractivity contribution in [2.45, 2.75) is 0 Å². The Morgan fingerprint density at radius 2 is 2.24 bits per heavy atom. The van der Waals surface area contributed by atoms with Crippen LogP contribution in [0.25, 0.3) is 0 Å². The van der Waals surface area contributed by atoms with Gasteiger partial charge in [-0.15, -0.1) is 0 Å². The van der Waals surface area contributed by atoms with Crippen LogP contribution in [0.1, 0.15) is 0 Å². The first-order valence-electron chi connectivity index (χ1n) is 5.58. The largest absolute Gasteiger partial charge is 0.378 e. The Hall–Kier alpha value is -1.66. The lowest BCUT2D eigenvalue weighted by Gasteiger charge is -2.27. The molecule has 1 aliphatic rings. The second kappa shape index (κ2) is 5.60. The van der Waals surface area contributed by atoms with Gasteiger partial charge in [-0.25, -0.2) is 4.98 Å². The van der Waals surface area contributed by atoms with E-state index in [0.717, 1.165) is 32.1 Å². The lowest BCUT2D eigenvalue weighted by molar-refractivity contribution is -0.114. The summed E-state index contributed by atoms with van der Waals surface area (Å²) in [7, 11) is 0. The fourth-order valence-electron chi connectivity index (χ4n) is 1.65. The summed E-state index contributed by atoms with van der Waals surface area (Å²) in [6, 6.07) is 3.71. The van der Waals surface area contributed by atoms with Crippen LogP contribution in [0.2, 0.25) is 0 Å². The smallest absolute Gasteiger partial charge is 0.238 e. The highest BCUT2D eigenvalue weighted by Crippen LogP contribution is 2.15. The molecule has 92 valence electrons. The standard InChI is InChI=1S/C11H16N4O2/c12-7-11(16)14-9-1-2-10(13-8-9)15-3-5-17-6-4-15/h1-2,8H,3-7,12H2,(H,14,16). The van der Waals surface area contributed by atoms with Crippen LogP contribution in [0.15, 0.2) is 18.3 Å². The van der Waals surface area contributed by atoms with Crippen LogP contribution in [-0.2, 0) is 9.53 Å². The normalized spacial score (nSPS) is 15.7. The number of carbonyl (C=O) groups excluding carboxylic acids is 1. The number of hydrogen-bond acceptors (Lipinski definition) is 5. The van der Waals surface area contributed by atoms with Crippen molar-refractivity contribution in [3.05, 3.63) is 18.3 Å². The summed E-state index contributed by atoms with van der Waals surface area (Å²) in [5.41, 5.74) is 5.88. The zero-order valence-corrected chi connectivity index (χ0v) is 9.56. The molecule has 0 atom stereocenters. The number of pyridine rings is 1. The van der Waals surface area contributed by atoms with Crippen molar-refractivity contribution in [2.24, 2.45) is 5.73 Å². The van der Waals surface area contributed by atoms with Crippen LogP contribution >= 0.6 is 0 Å². The van der Waals surface area contributed by atoms with Crippen molar-refractivity contribution in [3.8, 4) is 0 Å². The van der Waals surface area contributed by atoms with Gasteiger partial charge < -0.3 is 20.7 Å². The average Bonchev–Trinajstić information content (AvgIpc) is 2.40. The molecule has 1 saturated heterocycles. The molecule has 1 aromatic heterocycles. The first-order chi connectivity index (χ1) is 8.29. The number of nitrogens with two attached hydrogens (primary N) is 1. The van der Waals surface area contributed by atoms with E-state index >= 15 is 0 Å². The van der Waals surface area contributed by atoms with E-state index in [4.69, 9.17) is 10.5 Å². The molecule has 0 aromatic carbocycles.